The topological polar surface area (TPSA) is 115 Å². The van der Waals surface area contributed by atoms with E-state index in [-0.39, 0.29) is 45.8 Å². The van der Waals surface area contributed by atoms with E-state index in [2.05, 4.69) is 5.32 Å². The van der Waals surface area contributed by atoms with Crippen molar-refractivity contribution in [2.75, 3.05) is 13.1 Å². The Balaban J connectivity index is 1.47. The van der Waals surface area contributed by atoms with Gasteiger partial charge in [-0.3, -0.25) is 24.5 Å². The fraction of sp³-hybridized carbons (Fsp3) is 0.250. The first kappa shape index (κ1) is 25.4. The number of nitro benzene ring substituents is 1. The monoisotopic (exact) mass is 532 g/mol. The van der Waals surface area contributed by atoms with Gasteiger partial charge >= 0.3 is 0 Å². The number of hydrogen-bond acceptors (Lipinski definition) is 5. The minimum atomic E-state index is -0.623. The van der Waals surface area contributed by atoms with Gasteiger partial charge in [0.25, 0.3) is 23.1 Å². The van der Waals surface area contributed by atoms with Crippen molar-refractivity contribution in [1.82, 2.24) is 14.8 Å². The molecule has 5 rings (SSSR count). The van der Waals surface area contributed by atoms with Crippen LogP contribution in [-0.2, 0) is 11.3 Å². The predicted molar refractivity (Wildman–Crippen MR) is 143 cm³/mol. The maximum Gasteiger partial charge on any atom is 0.273 e. The Morgan fingerprint density at radius 3 is 2.61 bits per heavy atom. The molecule has 0 aliphatic carbocycles. The zero-order valence-electron chi connectivity index (χ0n) is 20.6. The van der Waals surface area contributed by atoms with Crippen molar-refractivity contribution in [3.05, 3.63) is 114 Å². The highest BCUT2D eigenvalue weighted by Crippen LogP contribution is 2.35. The summed E-state index contributed by atoms with van der Waals surface area (Å²) in [6, 6.07) is 16.3. The molecule has 1 saturated heterocycles. The molecule has 2 aliphatic heterocycles. The van der Waals surface area contributed by atoms with Gasteiger partial charge in [0.1, 0.15) is 5.70 Å². The average Bonchev–Trinajstić information content (AvgIpc) is 2.88. The number of halogens is 1. The molecule has 2 unspecified atom stereocenters. The number of nitrogens with one attached hydrogen (secondary N) is 1. The van der Waals surface area contributed by atoms with Crippen LogP contribution in [0.15, 0.2) is 71.2 Å². The predicted octanol–water partition coefficient (Wildman–Crippen LogP) is 4.14. The van der Waals surface area contributed by atoms with E-state index in [0.717, 1.165) is 12.1 Å². The Kier molecular flexibility index (Phi) is 6.86. The van der Waals surface area contributed by atoms with E-state index in [1.807, 2.05) is 6.07 Å². The molecule has 2 atom stereocenters. The third-order valence-electron chi connectivity index (χ3n) is 7.15. The number of aromatic nitrogens is 1. The zero-order valence-corrected chi connectivity index (χ0v) is 21.4. The number of amides is 2. The van der Waals surface area contributed by atoms with E-state index < -0.39 is 10.8 Å². The van der Waals surface area contributed by atoms with Crippen LogP contribution in [0.25, 0.3) is 6.08 Å². The Morgan fingerprint density at radius 1 is 1.08 bits per heavy atom. The maximum atomic E-state index is 13.9. The van der Waals surface area contributed by atoms with E-state index in [0.29, 0.717) is 30.2 Å². The second-order valence-corrected chi connectivity index (χ2v) is 10.1. The van der Waals surface area contributed by atoms with Gasteiger partial charge < -0.3 is 14.8 Å². The molecule has 3 heterocycles. The number of carbonyl (C=O) groups is 2. The minimum absolute atomic E-state index is 0.00230. The highest BCUT2D eigenvalue weighted by molar-refractivity contribution is 6.30. The van der Waals surface area contributed by atoms with Crippen LogP contribution in [0.2, 0.25) is 5.02 Å². The Morgan fingerprint density at radius 2 is 1.84 bits per heavy atom. The first-order valence-corrected chi connectivity index (χ1v) is 12.6. The lowest BCUT2D eigenvalue weighted by Crippen LogP contribution is -2.50. The van der Waals surface area contributed by atoms with Crippen LogP contribution >= 0.6 is 11.6 Å². The number of carbonyl (C=O) groups excluding carboxylic acids is 2. The van der Waals surface area contributed by atoms with Gasteiger partial charge in [-0.1, -0.05) is 35.9 Å². The number of nitrogens with zero attached hydrogens (tertiary/aromatic N) is 3. The van der Waals surface area contributed by atoms with Crippen molar-refractivity contribution in [2.24, 2.45) is 5.92 Å². The van der Waals surface area contributed by atoms with Gasteiger partial charge in [-0.2, -0.15) is 0 Å². The molecule has 1 N–H and O–H groups in total. The van der Waals surface area contributed by atoms with E-state index >= 15 is 0 Å². The van der Waals surface area contributed by atoms with Crippen LogP contribution in [0.4, 0.5) is 5.69 Å². The van der Waals surface area contributed by atoms with Crippen molar-refractivity contribution in [1.29, 1.82) is 0 Å². The molecule has 2 amide bonds. The summed E-state index contributed by atoms with van der Waals surface area (Å²) in [7, 11) is 0. The van der Waals surface area contributed by atoms with Gasteiger partial charge in [-0.25, -0.2) is 0 Å². The molecule has 1 aromatic heterocycles. The fourth-order valence-electron chi connectivity index (χ4n) is 5.40. The molecule has 9 nitrogen and oxygen atoms in total. The van der Waals surface area contributed by atoms with E-state index in [1.54, 1.807) is 51.9 Å². The molecular weight excluding hydrogens is 508 g/mol. The van der Waals surface area contributed by atoms with Crippen LogP contribution in [-0.4, -0.2) is 39.3 Å². The van der Waals surface area contributed by atoms with Crippen LogP contribution < -0.4 is 10.9 Å². The van der Waals surface area contributed by atoms with Crippen LogP contribution in [0, 0.1) is 23.0 Å². The highest BCUT2D eigenvalue weighted by Gasteiger charge is 2.37. The summed E-state index contributed by atoms with van der Waals surface area (Å²) >= 11 is 6.15. The second-order valence-electron chi connectivity index (χ2n) is 9.68. The molecular formula is C28H25ClN4O5. The Labute approximate surface area is 223 Å². The molecule has 0 saturated carbocycles. The van der Waals surface area contributed by atoms with Gasteiger partial charge in [0.15, 0.2) is 0 Å². The van der Waals surface area contributed by atoms with Gasteiger partial charge in [0.05, 0.1) is 4.92 Å². The number of likely N-dealkylation sites (tertiary alicyclic amines) is 1. The molecule has 194 valence electrons. The van der Waals surface area contributed by atoms with Crippen molar-refractivity contribution in [3.63, 3.8) is 0 Å². The summed E-state index contributed by atoms with van der Waals surface area (Å²) in [5, 5.41) is 14.6. The summed E-state index contributed by atoms with van der Waals surface area (Å²) in [4.78, 5) is 52.1. The first-order valence-electron chi connectivity index (χ1n) is 12.2. The van der Waals surface area contributed by atoms with Crippen LogP contribution in [0.5, 0.6) is 0 Å². The van der Waals surface area contributed by atoms with Crippen molar-refractivity contribution < 1.29 is 14.5 Å². The number of rotatable bonds is 5. The first-order chi connectivity index (χ1) is 18.2. The summed E-state index contributed by atoms with van der Waals surface area (Å²) < 4.78 is 1.79. The lowest BCUT2D eigenvalue weighted by Gasteiger charge is -2.43. The number of hydrogen-bond donors (Lipinski definition) is 1. The van der Waals surface area contributed by atoms with Crippen molar-refractivity contribution in [3.8, 4) is 0 Å². The molecule has 1 fully saturated rings. The lowest BCUT2D eigenvalue weighted by atomic mass is 9.83. The van der Waals surface area contributed by atoms with Crippen molar-refractivity contribution in [2.45, 2.75) is 25.8 Å². The maximum absolute atomic E-state index is 13.9. The van der Waals surface area contributed by atoms with E-state index in [9.17, 15) is 24.5 Å². The van der Waals surface area contributed by atoms with E-state index in [4.69, 9.17) is 11.6 Å². The smallest absolute Gasteiger partial charge is 0.273 e. The molecule has 2 bridgehead atoms. The molecule has 38 heavy (non-hydrogen) atoms. The van der Waals surface area contributed by atoms with Crippen LogP contribution in [0.1, 0.15) is 39.5 Å². The largest absolute Gasteiger partial charge is 0.336 e. The minimum Gasteiger partial charge on any atom is -0.336 e. The van der Waals surface area contributed by atoms with Gasteiger partial charge in [-0.05, 0) is 55.2 Å². The number of nitro groups is 1. The molecule has 10 heteroatoms. The van der Waals surface area contributed by atoms with Gasteiger partial charge in [0.2, 0.25) is 0 Å². The molecule has 0 spiro atoms. The lowest BCUT2D eigenvalue weighted by molar-refractivity contribution is -0.385. The molecule has 2 aliphatic rings. The molecule has 0 radical (unpaired) electrons. The Bertz CT molecular complexity index is 1550. The van der Waals surface area contributed by atoms with Crippen LogP contribution in [0.3, 0.4) is 0 Å². The summed E-state index contributed by atoms with van der Waals surface area (Å²) in [6.07, 6.45) is 2.43. The quantitative estimate of drug-likeness (QED) is 0.301. The fourth-order valence-corrected chi connectivity index (χ4v) is 5.60. The number of benzene rings is 2. The second kappa shape index (κ2) is 10.3. The normalized spacial score (nSPS) is 18.5. The van der Waals surface area contributed by atoms with Crippen molar-refractivity contribution >= 4 is 35.2 Å². The highest BCUT2D eigenvalue weighted by atomic mass is 35.5. The summed E-state index contributed by atoms with van der Waals surface area (Å²) in [5.41, 5.74) is 1.65. The SMILES string of the molecule is Cc1c(C(=O)N/C(=C\c2cccc(Cl)c2)C(=O)N2CC3CC(C2)c2cccc(=O)n2C3)cccc1[N+](=O)[O-]. The van der Waals surface area contributed by atoms with Gasteiger partial charge in [-0.15, -0.1) is 0 Å². The number of pyridine rings is 1. The number of fused-ring (bicyclic) bond motifs is 4. The molecule has 3 aromatic rings. The zero-order chi connectivity index (χ0) is 27.0. The third-order valence-corrected chi connectivity index (χ3v) is 7.39. The standard InChI is InChI=1S/C28H25ClN4O5/c1-17-22(7-3-8-24(17)33(37)38)27(35)30-23(13-18-5-2-6-21(29)12-18)28(36)31-14-19-11-20(16-31)25-9-4-10-26(34)32(25)15-19/h2-10,12-13,19-20H,11,14-16H2,1H3,(H,30,35)/b23-13-. The Hall–Kier alpha value is -4.24. The number of piperidine rings is 1. The van der Waals surface area contributed by atoms with E-state index in [1.165, 1.54) is 25.1 Å². The third kappa shape index (κ3) is 4.97. The average molecular weight is 533 g/mol. The summed E-state index contributed by atoms with van der Waals surface area (Å²) in [6.45, 7) is 2.87. The van der Waals surface area contributed by atoms with Gasteiger partial charge in [0, 0.05) is 59.5 Å². The molecule has 2 aromatic carbocycles. The summed E-state index contributed by atoms with van der Waals surface area (Å²) in [5.74, 6) is -0.889.